The highest BCUT2D eigenvalue weighted by molar-refractivity contribution is 5.90. The van der Waals surface area contributed by atoms with Gasteiger partial charge in [0.15, 0.2) is 5.82 Å². The van der Waals surface area contributed by atoms with Crippen LogP contribution < -0.4 is 10.1 Å². The molecule has 4 rings (SSSR count). The molecule has 1 N–H and O–H groups in total. The molecule has 138 valence electrons. The molecule has 2 heterocycles. The number of hydrogen-bond donors (Lipinski definition) is 1. The quantitative estimate of drug-likeness (QED) is 0.716. The van der Waals surface area contributed by atoms with Gasteiger partial charge < -0.3 is 10.1 Å². The van der Waals surface area contributed by atoms with Crippen molar-refractivity contribution in [3.8, 4) is 17.4 Å². The van der Waals surface area contributed by atoms with Crippen molar-refractivity contribution in [2.45, 2.75) is 32.1 Å². The number of carbonyl (C=O) groups excluding carboxylic acids is 1. The lowest BCUT2D eigenvalue weighted by atomic mass is 10.0. The summed E-state index contributed by atoms with van der Waals surface area (Å²) < 4.78 is 7.33. The molecule has 1 aliphatic carbocycles. The van der Waals surface area contributed by atoms with Crippen LogP contribution in [0, 0.1) is 5.92 Å². The molecule has 0 saturated heterocycles. The minimum Gasteiger partial charge on any atom is -0.438 e. The molecule has 0 unspecified atom stereocenters. The predicted molar refractivity (Wildman–Crippen MR) is 101 cm³/mol. The van der Waals surface area contributed by atoms with Crippen LogP contribution >= 0.6 is 0 Å². The number of nitrogens with zero attached hydrogens (tertiary/aromatic N) is 4. The summed E-state index contributed by atoms with van der Waals surface area (Å²) in [6, 6.07) is 12.6. The molecular weight excluding hydrogens is 342 g/mol. The number of carbonyl (C=O) groups is 1. The van der Waals surface area contributed by atoms with Crippen molar-refractivity contribution in [1.82, 2.24) is 20.0 Å². The summed E-state index contributed by atoms with van der Waals surface area (Å²) in [5.41, 5.74) is 0.769. The lowest BCUT2D eigenvalue weighted by Gasteiger charge is -2.10. The number of benzene rings is 1. The summed E-state index contributed by atoms with van der Waals surface area (Å²) in [4.78, 5) is 12.1. The molecule has 27 heavy (non-hydrogen) atoms. The standard InChI is InChI=1S/C20H21N5O2/c26-19(14-15-4-1-2-5-15)22-16-6-8-17(9-7-16)27-20-11-10-18(23-24-20)25-13-3-12-21-25/h3,6-13,15H,1-2,4-5,14H2,(H,22,26). The molecule has 1 aromatic carbocycles. The van der Waals surface area contributed by atoms with E-state index in [9.17, 15) is 4.79 Å². The van der Waals surface area contributed by atoms with E-state index in [4.69, 9.17) is 4.74 Å². The van der Waals surface area contributed by atoms with Crippen LogP contribution in [0.25, 0.3) is 5.82 Å². The van der Waals surface area contributed by atoms with Gasteiger partial charge in [-0.15, -0.1) is 10.2 Å². The van der Waals surface area contributed by atoms with E-state index in [1.807, 2.05) is 18.2 Å². The molecule has 1 amide bonds. The molecule has 7 nitrogen and oxygen atoms in total. The van der Waals surface area contributed by atoms with E-state index in [0.717, 1.165) is 5.69 Å². The topological polar surface area (TPSA) is 81.9 Å². The smallest absolute Gasteiger partial charge is 0.238 e. The second-order valence-electron chi connectivity index (χ2n) is 6.71. The summed E-state index contributed by atoms with van der Waals surface area (Å²) in [5, 5.41) is 15.2. The number of rotatable bonds is 6. The van der Waals surface area contributed by atoms with Crippen LogP contribution in [0.4, 0.5) is 5.69 Å². The molecule has 2 aromatic heterocycles. The Morgan fingerprint density at radius 1 is 1.11 bits per heavy atom. The normalized spacial score (nSPS) is 14.2. The second kappa shape index (κ2) is 7.99. The number of nitrogens with one attached hydrogen (secondary N) is 1. The van der Waals surface area contributed by atoms with Crippen molar-refractivity contribution >= 4 is 11.6 Å². The third kappa shape index (κ3) is 4.49. The van der Waals surface area contributed by atoms with Gasteiger partial charge in [0.1, 0.15) is 5.75 Å². The number of aromatic nitrogens is 4. The Labute approximate surface area is 157 Å². The molecule has 1 saturated carbocycles. The van der Waals surface area contributed by atoms with Gasteiger partial charge in [0.2, 0.25) is 11.8 Å². The molecule has 3 aromatic rings. The molecule has 1 aliphatic rings. The van der Waals surface area contributed by atoms with Gasteiger partial charge in [-0.3, -0.25) is 4.79 Å². The molecule has 7 heteroatoms. The van der Waals surface area contributed by atoms with Crippen molar-refractivity contribution in [3.05, 3.63) is 54.9 Å². The average molecular weight is 363 g/mol. The zero-order valence-electron chi connectivity index (χ0n) is 14.9. The Bertz CT molecular complexity index is 870. The van der Waals surface area contributed by atoms with Crippen LogP contribution in [0.3, 0.4) is 0 Å². The first-order valence-electron chi connectivity index (χ1n) is 9.18. The highest BCUT2D eigenvalue weighted by Gasteiger charge is 2.18. The highest BCUT2D eigenvalue weighted by Crippen LogP contribution is 2.28. The Morgan fingerprint density at radius 2 is 1.93 bits per heavy atom. The van der Waals surface area contributed by atoms with Gasteiger partial charge in [-0.25, -0.2) is 4.68 Å². The van der Waals surface area contributed by atoms with E-state index < -0.39 is 0 Å². The number of anilines is 1. The zero-order chi connectivity index (χ0) is 18.5. The van der Waals surface area contributed by atoms with E-state index in [1.165, 1.54) is 25.7 Å². The maximum Gasteiger partial charge on any atom is 0.238 e. The van der Waals surface area contributed by atoms with Gasteiger partial charge in [-0.05, 0) is 55.2 Å². The minimum absolute atomic E-state index is 0.0793. The van der Waals surface area contributed by atoms with Gasteiger partial charge in [0.05, 0.1) is 0 Å². The summed E-state index contributed by atoms with van der Waals surface area (Å²) >= 11 is 0. The van der Waals surface area contributed by atoms with Crippen molar-refractivity contribution < 1.29 is 9.53 Å². The Kier molecular flexibility index (Phi) is 5.09. The number of amides is 1. The van der Waals surface area contributed by atoms with Crippen LogP contribution in [-0.2, 0) is 4.79 Å². The maximum atomic E-state index is 12.1. The first-order chi connectivity index (χ1) is 13.3. The molecule has 0 radical (unpaired) electrons. The van der Waals surface area contributed by atoms with Crippen molar-refractivity contribution in [1.29, 1.82) is 0 Å². The molecule has 1 fully saturated rings. The monoisotopic (exact) mass is 363 g/mol. The van der Waals surface area contributed by atoms with Crippen LogP contribution in [0.2, 0.25) is 0 Å². The highest BCUT2D eigenvalue weighted by atomic mass is 16.5. The summed E-state index contributed by atoms with van der Waals surface area (Å²) in [6.45, 7) is 0. The molecule has 0 bridgehead atoms. The summed E-state index contributed by atoms with van der Waals surface area (Å²) in [5.74, 6) is 2.26. The minimum atomic E-state index is 0.0793. The maximum absolute atomic E-state index is 12.1. The lowest BCUT2D eigenvalue weighted by molar-refractivity contribution is -0.117. The van der Waals surface area contributed by atoms with E-state index >= 15 is 0 Å². The first kappa shape index (κ1) is 17.2. The van der Waals surface area contributed by atoms with E-state index in [1.54, 1.807) is 41.3 Å². The van der Waals surface area contributed by atoms with E-state index in [0.29, 0.717) is 29.8 Å². The fourth-order valence-corrected chi connectivity index (χ4v) is 3.31. The van der Waals surface area contributed by atoms with Crippen LogP contribution in [-0.4, -0.2) is 25.9 Å². The Morgan fingerprint density at radius 3 is 2.59 bits per heavy atom. The molecular formula is C20H21N5O2. The van der Waals surface area contributed by atoms with Gasteiger partial charge in [-0.1, -0.05) is 12.8 Å². The predicted octanol–water partition coefficient (Wildman–Crippen LogP) is 3.97. The van der Waals surface area contributed by atoms with E-state index in [-0.39, 0.29) is 5.91 Å². The van der Waals surface area contributed by atoms with Crippen molar-refractivity contribution in [2.75, 3.05) is 5.32 Å². The second-order valence-corrected chi connectivity index (χ2v) is 6.71. The largest absolute Gasteiger partial charge is 0.438 e. The third-order valence-corrected chi connectivity index (χ3v) is 4.67. The van der Waals surface area contributed by atoms with Crippen LogP contribution in [0.15, 0.2) is 54.9 Å². The fraction of sp³-hybridized carbons (Fsp3) is 0.300. The first-order valence-corrected chi connectivity index (χ1v) is 9.18. The number of ether oxygens (including phenoxy) is 1. The van der Waals surface area contributed by atoms with Gasteiger partial charge in [0, 0.05) is 30.6 Å². The third-order valence-electron chi connectivity index (χ3n) is 4.67. The van der Waals surface area contributed by atoms with E-state index in [2.05, 4.69) is 20.6 Å². The Balaban J connectivity index is 1.32. The van der Waals surface area contributed by atoms with Gasteiger partial charge in [-0.2, -0.15) is 5.10 Å². The van der Waals surface area contributed by atoms with Gasteiger partial charge >= 0.3 is 0 Å². The average Bonchev–Trinajstić information content (AvgIpc) is 3.38. The van der Waals surface area contributed by atoms with Crippen LogP contribution in [0.5, 0.6) is 11.6 Å². The molecule has 0 spiro atoms. The lowest BCUT2D eigenvalue weighted by Crippen LogP contribution is -2.14. The van der Waals surface area contributed by atoms with Gasteiger partial charge in [0.25, 0.3) is 0 Å². The SMILES string of the molecule is O=C(CC1CCCC1)Nc1ccc(Oc2ccc(-n3cccn3)nn2)cc1. The Hall–Kier alpha value is -3.22. The van der Waals surface area contributed by atoms with Crippen molar-refractivity contribution in [2.24, 2.45) is 5.92 Å². The zero-order valence-corrected chi connectivity index (χ0v) is 14.9. The van der Waals surface area contributed by atoms with Crippen molar-refractivity contribution in [3.63, 3.8) is 0 Å². The van der Waals surface area contributed by atoms with Crippen LogP contribution in [0.1, 0.15) is 32.1 Å². The molecule has 0 aliphatic heterocycles. The summed E-state index contributed by atoms with van der Waals surface area (Å²) in [7, 11) is 0. The molecule has 0 atom stereocenters. The number of hydrogen-bond acceptors (Lipinski definition) is 5. The summed E-state index contributed by atoms with van der Waals surface area (Å²) in [6.07, 6.45) is 8.91. The fourth-order valence-electron chi connectivity index (χ4n) is 3.31.